The Hall–Kier alpha value is -1.69. The standard InChI is InChI=1S/C14H17N3O2S/c1-2-10(7-9-3-4-9)16-11-5-6-12-13(15-8-20-12)14(11)17(18)19/h5-6,8-10,16H,2-4,7H2,1H3. The Balaban J connectivity index is 1.92. The van der Waals surface area contributed by atoms with Gasteiger partial charge in [-0.2, -0.15) is 0 Å². The van der Waals surface area contributed by atoms with Gasteiger partial charge in [-0.25, -0.2) is 4.98 Å². The van der Waals surface area contributed by atoms with Crippen LogP contribution in [0, 0.1) is 16.0 Å². The predicted molar refractivity (Wildman–Crippen MR) is 81.3 cm³/mol. The van der Waals surface area contributed by atoms with Gasteiger partial charge in [0.05, 0.1) is 15.1 Å². The molecule has 0 amide bonds. The number of benzene rings is 1. The monoisotopic (exact) mass is 291 g/mol. The highest BCUT2D eigenvalue weighted by Gasteiger charge is 2.27. The summed E-state index contributed by atoms with van der Waals surface area (Å²) in [5.74, 6) is 0.800. The number of rotatable bonds is 6. The molecule has 2 aromatic rings. The predicted octanol–water partition coefficient (Wildman–Crippen LogP) is 4.20. The quantitative estimate of drug-likeness (QED) is 0.640. The van der Waals surface area contributed by atoms with Crippen LogP contribution in [0.25, 0.3) is 10.2 Å². The van der Waals surface area contributed by atoms with Crippen LogP contribution in [0.2, 0.25) is 0 Å². The summed E-state index contributed by atoms with van der Waals surface area (Å²) in [5.41, 5.74) is 2.85. The van der Waals surface area contributed by atoms with Gasteiger partial charge in [0.1, 0.15) is 5.69 Å². The third-order valence-corrected chi connectivity index (χ3v) is 4.62. The van der Waals surface area contributed by atoms with Gasteiger partial charge in [0.25, 0.3) is 0 Å². The first-order valence-electron chi connectivity index (χ1n) is 6.96. The summed E-state index contributed by atoms with van der Waals surface area (Å²) < 4.78 is 0.859. The maximum atomic E-state index is 11.4. The lowest BCUT2D eigenvalue weighted by atomic mass is 10.1. The number of hydrogen-bond acceptors (Lipinski definition) is 5. The van der Waals surface area contributed by atoms with Crippen molar-refractivity contribution in [2.75, 3.05) is 5.32 Å². The Morgan fingerprint density at radius 1 is 1.55 bits per heavy atom. The van der Waals surface area contributed by atoms with E-state index in [0.717, 1.165) is 23.5 Å². The van der Waals surface area contributed by atoms with Crippen molar-refractivity contribution in [3.8, 4) is 0 Å². The van der Waals surface area contributed by atoms with Gasteiger partial charge in [-0.05, 0) is 30.9 Å². The van der Waals surface area contributed by atoms with Gasteiger partial charge in [-0.3, -0.25) is 10.1 Å². The van der Waals surface area contributed by atoms with Crippen LogP contribution in [-0.4, -0.2) is 15.9 Å². The summed E-state index contributed by atoms with van der Waals surface area (Å²) in [6.07, 6.45) is 4.67. The van der Waals surface area contributed by atoms with Gasteiger partial charge in [-0.15, -0.1) is 11.3 Å². The Kier molecular flexibility index (Phi) is 3.56. The second kappa shape index (κ2) is 5.36. The molecule has 1 aliphatic rings. The molecule has 1 aromatic carbocycles. The molecule has 0 aliphatic heterocycles. The van der Waals surface area contributed by atoms with Crippen molar-refractivity contribution in [2.24, 2.45) is 5.92 Å². The van der Waals surface area contributed by atoms with Crippen LogP contribution in [0.4, 0.5) is 11.4 Å². The average Bonchev–Trinajstić information content (AvgIpc) is 3.11. The summed E-state index contributed by atoms with van der Waals surface area (Å²) in [6, 6.07) is 4.03. The summed E-state index contributed by atoms with van der Waals surface area (Å²) in [4.78, 5) is 15.2. The maximum Gasteiger partial charge on any atom is 0.319 e. The van der Waals surface area contributed by atoms with Crippen LogP contribution >= 0.6 is 11.3 Å². The first-order chi connectivity index (χ1) is 9.69. The fourth-order valence-electron chi connectivity index (χ4n) is 2.52. The van der Waals surface area contributed by atoms with Gasteiger partial charge in [-0.1, -0.05) is 19.8 Å². The second-order valence-corrected chi connectivity index (χ2v) is 6.23. The van der Waals surface area contributed by atoms with Crippen LogP contribution in [0.15, 0.2) is 17.6 Å². The van der Waals surface area contributed by atoms with E-state index < -0.39 is 0 Å². The van der Waals surface area contributed by atoms with Gasteiger partial charge in [0.15, 0.2) is 5.52 Å². The van der Waals surface area contributed by atoms with Crippen LogP contribution in [0.1, 0.15) is 32.6 Å². The molecule has 0 radical (unpaired) electrons. The first kappa shape index (κ1) is 13.3. The second-order valence-electron chi connectivity index (χ2n) is 5.35. The maximum absolute atomic E-state index is 11.4. The lowest BCUT2D eigenvalue weighted by molar-refractivity contribution is -0.382. The van der Waals surface area contributed by atoms with E-state index in [-0.39, 0.29) is 10.6 Å². The van der Waals surface area contributed by atoms with Crippen molar-refractivity contribution < 1.29 is 4.92 Å². The molecular formula is C14H17N3O2S. The normalized spacial score (nSPS) is 16.2. The van der Waals surface area contributed by atoms with E-state index in [4.69, 9.17) is 0 Å². The van der Waals surface area contributed by atoms with Gasteiger partial charge >= 0.3 is 5.69 Å². The van der Waals surface area contributed by atoms with Crippen LogP contribution in [0.5, 0.6) is 0 Å². The molecule has 3 rings (SSSR count). The molecule has 1 N–H and O–H groups in total. The molecule has 1 atom stereocenters. The van der Waals surface area contributed by atoms with Crippen LogP contribution < -0.4 is 5.32 Å². The van der Waals surface area contributed by atoms with Gasteiger partial charge in [0.2, 0.25) is 0 Å². The molecule has 106 valence electrons. The highest BCUT2D eigenvalue weighted by Crippen LogP contribution is 2.38. The number of fused-ring (bicyclic) bond motifs is 1. The zero-order chi connectivity index (χ0) is 14.1. The molecule has 0 saturated heterocycles. The highest BCUT2D eigenvalue weighted by molar-refractivity contribution is 7.16. The average molecular weight is 291 g/mol. The number of thiazole rings is 1. The summed E-state index contributed by atoms with van der Waals surface area (Å²) in [7, 11) is 0. The van der Waals surface area contributed by atoms with E-state index in [1.807, 2.05) is 12.1 Å². The van der Waals surface area contributed by atoms with Gasteiger partial charge < -0.3 is 5.32 Å². The highest BCUT2D eigenvalue weighted by atomic mass is 32.1. The number of nitro groups is 1. The third kappa shape index (κ3) is 2.60. The fraction of sp³-hybridized carbons (Fsp3) is 0.500. The van der Waals surface area contributed by atoms with Crippen molar-refractivity contribution in [2.45, 2.75) is 38.6 Å². The fourth-order valence-corrected chi connectivity index (χ4v) is 3.20. The Labute approximate surface area is 121 Å². The molecule has 6 heteroatoms. The Morgan fingerprint density at radius 2 is 2.35 bits per heavy atom. The van der Waals surface area contributed by atoms with E-state index in [9.17, 15) is 10.1 Å². The summed E-state index contributed by atoms with van der Waals surface area (Å²) >= 11 is 1.43. The van der Waals surface area contributed by atoms with Crippen molar-refractivity contribution in [3.05, 3.63) is 27.8 Å². The lowest BCUT2D eigenvalue weighted by Gasteiger charge is -2.18. The molecule has 1 saturated carbocycles. The summed E-state index contributed by atoms with van der Waals surface area (Å²) in [5, 5.41) is 14.7. The Morgan fingerprint density at radius 3 is 3.00 bits per heavy atom. The first-order valence-corrected chi connectivity index (χ1v) is 7.84. The zero-order valence-corrected chi connectivity index (χ0v) is 12.2. The number of aromatic nitrogens is 1. The van der Waals surface area contributed by atoms with Crippen molar-refractivity contribution in [1.82, 2.24) is 4.98 Å². The third-order valence-electron chi connectivity index (χ3n) is 3.83. The van der Waals surface area contributed by atoms with Crippen molar-refractivity contribution in [3.63, 3.8) is 0 Å². The molecule has 20 heavy (non-hydrogen) atoms. The number of nitro benzene ring substituents is 1. The number of nitrogens with one attached hydrogen (secondary N) is 1. The minimum atomic E-state index is -0.325. The molecule has 1 aromatic heterocycles. The number of anilines is 1. The van der Waals surface area contributed by atoms with E-state index in [0.29, 0.717) is 17.2 Å². The molecule has 1 aliphatic carbocycles. The van der Waals surface area contributed by atoms with E-state index >= 15 is 0 Å². The number of nitrogens with zero attached hydrogens (tertiary/aromatic N) is 2. The van der Waals surface area contributed by atoms with E-state index in [1.165, 1.54) is 24.2 Å². The topological polar surface area (TPSA) is 68.1 Å². The minimum absolute atomic E-state index is 0.109. The molecule has 5 nitrogen and oxygen atoms in total. The minimum Gasteiger partial charge on any atom is -0.377 e. The molecule has 1 unspecified atom stereocenters. The molecular weight excluding hydrogens is 274 g/mol. The molecule has 1 heterocycles. The molecule has 0 spiro atoms. The lowest BCUT2D eigenvalue weighted by Crippen LogP contribution is -2.19. The molecule has 0 bridgehead atoms. The SMILES string of the molecule is CCC(CC1CC1)Nc1ccc2scnc2c1[N+](=O)[O-]. The zero-order valence-electron chi connectivity index (χ0n) is 11.3. The van der Waals surface area contributed by atoms with Crippen LogP contribution in [0.3, 0.4) is 0 Å². The molecule has 1 fully saturated rings. The van der Waals surface area contributed by atoms with E-state index in [1.54, 1.807) is 5.51 Å². The summed E-state index contributed by atoms with van der Waals surface area (Å²) in [6.45, 7) is 2.12. The van der Waals surface area contributed by atoms with E-state index in [2.05, 4.69) is 17.2 Å². The van der Waals surface area contributed by atoms with Crippen molar-refractivity contribution in [1.29, 1.82) is 0 Å². The smallest absolute Gasteiger partial charge is 0.319 e. The number of hydrogen-bond donors (Lipinski definition) is 1. The van der Waals surface area contributed by atoms with Crippen molar-refractivity contribution >= 4 is 32.9 Å². The van der Waals surface area contributed by atoms with Gasteiger partial charge in [0, 0.05) is 6.04 Å². The largest absolute Gasteiger partial charge is 0.377 e. The Bertz CT molecular complexity index is 636. The van der Waals surface area contributed by atoms with Crippen LogP contribution in [-0.2, 0) is 0 Å².